The molecule has 3 heterocycles. The van der Waals surface area contributed by atoms with Crippen LogP contribution in [0.15, 0.2) is 24.5 Å². The number of carbonyl (C=O) groups excluding carboxylic acids is 1. The number of nitrogens with one attached hydrogen (secondary N) is 2. The second kappa shape index (κ2) is 7.01. The highest BCUT2D eigenvalue weighted by Gasteiger charge is 2.41. The van der Waals surface area contributed by atoms with Gasteiger partial charge >= 0.3 is 6.18 Å². The van der Waals surface area contributed by atoms with E-state index in [-0.39, 0.29) is 23.4 Å². The number of pyridine rings is 1. The van der Waals surface area contributed by atoms with E-state index in [4.69, 9.17) is 11.6 Å². The highest BCUT2D eigenvalue weighted by atomic mass is 35.5. The lowest BCUT2D eigenvalue weighted by Gasteiger charge is -2.14. The summed E-state index contributed by atoms with van der Waals surface area (Å²) in [5.74, 6) is -1.02. The number of halogens is 4. The van der Waals surface area contributed by atoms with Gasteiger partial charge in [-0.05, 0) is 31.5 Å². The van der Waals surface area contributed by atoms with Crippen molar-refractivity contribution in [3.05, 3.63) is 40.8 Å². The maximum absolute atomic E-state index is 13.5. The van der Waals surface area contributed by atoms with E-state index in [2.05, 4.69) is 20.7 Å². The van der Waals surface area contributed by atoms with E-state index >= 15 is 0 Å². The predicted molar refractivity (Wildman–Crippen MR) is 84.7 cm³/mol. The Morgan fingerprint density at radius 2 is 2.28 bits per heavy atom. The number of carbonyl (C=O) groups is 1. The minimum absolute atomic E-state index is 0.00165. The summed E-state index contributed by atoms with van der Waals surface area (Å²) in [6.07, 6.45) is -0.769. The van der Waals surface area contributed by atoms with Gasteiger partial charge < -0.3 is 10.6 Å². The molecule has 2 aromatic heterocycles. The fourth-order valence-electron chi connectivity index (χ4n) is 2.72. The number of hydrogen-bond acceptors (Lipinski definition) is 4. The molecule has 10 heteroatoms. The molecule has 134 valence electrons. The average molecular weight is 374 g/mol. The third kappa shape index (κ3) is 3.77. The van der Waals surface area contributed by atoms with Gasteiger partial charge in [-0.25, -0.2) is 9.67 Å². The van der Waals surface area contributed by atoms with Crippen molar-refractivity contribution in [2.75, 3.05) is 13.1 Å². The van der Waals surface area contributed by atoms with Crippen LogP contribution < -0.4 is 10.6 Å². The predicted octanol–water partition coefficient (Wildman–Crippen LogP) is 2.42. The van der Waals surface area contributed by atoms with Crippen molar-refractivity contribution < 1.29 is 18.0 Å². The standard InChI is InChI=1S/C15H15ClF3N5O/c16-11-4-2-6-21-13(11)24-12(15(17,18)19)10(8-23-24)14(25)22-7-9-3-1-5-20-9/h2,4,6,8-9,20H,1,3,5,7H2,(H,22,25). The maximum atomic E-state index is 13.5. The molecule has 1 saturated heterocycles. The van der Waals surface area contributed by atoms with Crippen LogP contribution in [0.5, 0.6) is 0 Å². The zero-order chi connectivity index (χ0) is 18.0. The third-order valence-corrected chi connectivity index (χ3v) is 4.19. The van der Waals surface area contributed by atoms with E-state index in [0.717, 1.165) is 25.6 Å². The Labute approximate surface area is 146 Å². The fraction of sp³-hybridized carbons (Fsp3) is 0.400. The Morgan fingerprint density at radius 1 is 1.48 bits per heavy atom. The summed E-state index contributed by atoms with van der Waals surface area (Å²) in [5, 5.41) is 9.37. The number of rotatable bonds is 4. The van der Waals surface area contributed by atoms with Gasteiger partial charge in [0.25, 0.3) is 5.91 Å². The minimum Gasteiger partial charge on any atom is -0.350 e. The number of aromatic nitrogens is 3. The van der Waals surface area contributed by atoms with E-state index in [1.807, 2.05) is 0 Å². The second-order valence-electron chi connectivity index (χ2n) is 5.63. The van der Waals surface area contributed by atoms with Crippen molar-refractivity contribution in [1.29, 1.82) is 0 Å². The molecule has 0 aromatic carbocycles. The first-order chi connectivity index (χ1) is 11.9. The molecule has 1 fully saturated rings. The SMILES string of the molecule is O=C(NCC1CCCN1)c1cnn(-c2ncccc2Cl)c1C(F)(F)F. The Morgan fingerprint density at radius 3 is 2.92 bits per heavy atom. The van der Waals surface area contributed by atoms with Crippen LogP contribution in [0.4, 0.5) is 13.2 Å². The van der Waals surface area contributed by atoms with Crippen LogP contribution in [0.1, 0.15) is 28.9 Å². The fourth-order valence-corrected chi connectivity index (χ4v) is 2.92. The van der Waals surface area contributed by atoms with Crippen molar-refractivity contribution in [1.82, 2.24) is 25.4 Å². The van der Waals surface area contributed by atoms with Crippen LogP contribution in [0, 0.1) is 0 Å². The molecule has 1 amide bonds. The van der Waals surface area contributed by atoms with Gasteiger partial charge in [-0.2, -0.15) is 18.3 Å². The molecule has 0 bridgehead atoms. The zero-order valence-electron chi connectivity index (χ0n) is 13.0. The smallest absolute Gasteiger partial charge is 0.350 e. The molecule has 0 saturated carbocycles. The van der Waals surface area contributed by atoms with Crippen molar-refractivity contribution in [2.24, 2.45) is 0 Å². The van der Waals surface area contributed by atoms with Crippen LogP contribution >= 0.6 is 11.6 Å². The first-order valence-corrected chi connectivity index (χ1v) is 8.03. The molecule has 2 N–H and O–H groups in total. The van der Waals surface area contributed by atoms with Gasteiger partial charge in [-0.3, -0.25) is 4.79 Å². The minimum atomic E-state index is -4.80. The molecule has 1 aliphatic heterocycles. The molecule has 6 nitrogen and oxygen atoms in total. The molecule has 2 aromatic rings. The van der Waals surface area contributed by atoms with Gasteiger partial charge in [0, 0.05) is 18.8 Å². The summed E-state index contributed by atoms with van der Waals surface area (Å²) in [6, 6.07) is 2.96. The van der Waals surface area contributed by atoms with E-state index in [9.17, 15) is 18.0 Å². The lowest BCUT2D eigenvalue weighted by Crippen LogP contribution is -2.37. The quantitative estimate of drug-likeness (QED) is 0.863. The topological polar surface area (TPSA) is 71.8 Å². The van der Waals surface area contributed by atoms with Crippen molar-refractivity contribution in [2.45, 2.75) is 25.1 Å². The highest BCUT2D eigenvalue weighted by molar-refractivity contribution is 6.32. The molecule has 3 rings (SSSR count). The summed E-state index contributed by atoms with van der Waals surface area (Å²) in [6.45, 7) is 1.09. The number of nitrogens with zero attached hydrogens (tertiary/aromatic N) is 3. The molecule has 0 spiro atoms. The van der Waals surface area contributed by atoms with E-state index in [1.165, 1.54) is 18.3 Å². The summed E-state index contributed by atoms with van der Waals surface area (Å²) in [5.41, 5.74) is -1.77. The maximum Gasteiger partial charge on any atom is 0.434 e. The summed E-state index contributed by atoms with van der Waals surface area (Å²) >= 11 is 5.92. The Hall–Kier alpha value is -2.13. The van der Waals surface area contributed by atoms with Gasteiger partial charge in [-0.1, -0.05) is 11.6 Å². The molecular weight excluding hydrogens is 359 g/mol. The normalized spacial score (nSPS) is 17.7. The first kappa shape index (κ1) is 17.7. The second-order valence-corrected chi connectivity index (χ2v) is 6.04. The molecule has 1 atom stereocenters. The lowest BCUT2D eigenvalue weighted by molar-refractivity contribution is -0.143. The highest BCUT2D eigenvalue weighted by Crippen LogP contribution is 2.34. The van der Waals surface area contributed by atoms with Crippen molar-refractivity contribution >= 4 is 17.5 Å². The van der Waals surface area contributed by atoms with E-state index in [0.29, 0.717) is 4.68 Å². The molecular formula is C15H15ClF3N5O. The van der Waals surface area contributed by atoms with Crippen LogP contribution in [-0.2, 0) is 6.18 Å². The summed E-state index contributed by atoms with van der Waals surface area (Å²) < 4.78 is 41.2. The Bertz CT molecular complexity index is 771. The molecule has 0 radical (unpaired) electrons. The van der Waals surface area contributed by atoms with Crippen LogP contribution in [0.2, 0.25) is 5.02 Å². The molecule has 1 unspecified atom stereocenters. The van der Waals surface area contributed by atoms with Gasteiger partial charge in [0.15, 0.2) is 11.5 Å². The number of amides is 1. The monoisotopic (exact) mass is 373 g/mol. The van der Waals surface area contributed by atoms with Crippen LogP contribution in [0.25, 0.3) is 5.82 Å². The molecule has 1 aliphatic rings. The Kier molecular flexibility index (Phi) is 4.96. The lowest BCUT2D eigenvalue weighted by atomic mass is 10.2. The first-order valence-electron chi connectivity index (χ1n) is 7.65. The van der Waals surface area contributed by atoms with Crippen molar-refractivity contribution in [3.63, 3.8) is 0 Å². The number of hydrogen-bond donors (Lipinski definition) is 2. The largest absolute Gasteiger partial charge is 0.434 e. The molecule has 0 aliphatic carbocycles. The van der Waals surface area contributed by atoms with Crippen LogP contribution in [-0.4, -0.2) is 39.8 Å². The third-order valence-electron chi connectivity index (χ3n) is 3.89. The van der Waals surface area contributed by atoms with E-state index in [1.54, 1.807) is 0 Å². The van der Waals surface area contributed by atoms with Gasteiger partial charge in [0.1, 0.15) is 0 Å². The van der Waals surface area contributed by atoms with Gasteiger partial charge in [0.05, 0.1) is 16.8 Å². The van der Waals surface area contributed by atoms with Gasteiger partial charge in [-0.15, -0.1) is 0 Å². The summed E-state index contributed by atoms with van der Waals surface area (Å²) in [4.78, 5) is 16.1. The summed E-state index contributed by atoms with van der Waals surface area (Å²) in [7, 11) is 0. The number of alkyl halides is 3. The molecule has 25 heavy (non-hydrogen) atoms. The zero-order valence-corrected chi connectivity index (χ0v) is 13.7. The van der Waals surface area contributed by atoms with Crippen LogP contribution in [0.3, 0.4) is 0 Å². The van der Waals surface area contributed by atoms with Crippen molar-refractivity contribution in [3.8, 4) is 5.82 Å². The van der Waals surface area contributed by atoms with E-state index < -0.39 is 23.3 Å². The average Bonchev–Trinajstić information content (AvgIpc) is 3.22. The Balaban J connectivity index is 1.92. The van der Waals surface area contributed by atoms with Gasteiger partial charge in [0.2, 0.25) is 0 Å².